The van der Waals surface area contributed by atoms with Crippen molar-refractivity contribution in [3.63, 3.8) is 0 Å². The van der Waals surface area contributed by atoms with Gasteiger partial charge in [0.05, 0.1) is 6.61 Å². The van der Waals surface area contributed by atoms with Crippen molar-refractivity contribution in [2.24, 2.45) is 0 Å². The lowest BCUT2D eigenvalue weighted by Crippen LogP contribution is -2.46. The first-order valence-electron chi connectivity index (χ1n) is 6.34. The minimum atomic E-state index is -0.437. The van der Waals surface area contributed by atoms with Gasteiger partial charge in [0, 0.05) is 11.7 Å². The molecule has 0 aliphatic rings. The molecule has 1 aromatic rings. The van der Waals surface area contributed by atoms with Gasteiger partial charge in [-0.1, -0.05) is 18.2 Å². The van der Waals surface area contributed by atoms with Crippen LogP contribution < -0.4 is 10.2 Å². The largest absolute Gasteiger partial charge is 0.465 e. The average molecular weight is 264 g/mol. The zero-order valence-corrected chi connectivity index (χ0v) is 11.6. The molecular formula is C14H20N2O3. The van der Waals surface area contributed by atoms with E-state index in [1.54, 1.807) is 11.8 Å². The highest BCUT2D eigenvalue weighted by Crippen LogP contribution is 2.16. The monoisotopic (exact) mass is 264 g/mol. The van der Waals surface area contributed by atoms with Crippen LogP contribution in [0.2, 0.25) is 0 Å². The Bertz CT molecular complexity index is 418. The molecule has 1 aromatic carbocycles. The van der Waals surface area contributed by atoms with E-state index in [4.69, 9.17) is 4.74 Å². The fourth-order valence-electron chi connectivity index (χ4n) is 1.68. The standard InChI is InChI=1S/C14H20N2O3/c1-4-19-13(17)10-15-14(18)16(11(2)3)12-8-6-5-7-9-12/h5-9,11H,4,10H2,1-3H3,(H,15,18). The van der Waals surface area contributed by atoms with Crippen LogP contribution >= 0.6 is 0 Å². The maximum atomic E-state index is 12.1. The molecule has 5 nitrogen and oxygen atoms in total. The fourth-order valence-corrected chi connectivity index (χ4v) is 1.68. The van der Waals surface area contributed by atoms with Crippen LogP contribution in [0.4, 0.5) is 10.5 Å². The van der Waals surface area contributed by atoms with E-state index in [9.17, 15) is 9.59 Å². The number of benzene rings is 1. The molecule has 0 aliphatic heterocycles. The molecule has 0 aromatic heterocycles. The first-order valence-corrected chi connectivity index (χ1v) is 6.34. The lowest BCUT2D eigenvalue weighted by Gasteiger charge is -2.26. The molecule has 0 fully saturated rings. The van der Waals surface area contributed by atoms with Crippen molar-refractivity contribution in [2.75, 3.05) is 18.1 Å². The Morgan fingerprint density at radius 1 is 1.26 bits per heavy atom. The highest BCUT2D eigenvalue weighted by Gasteiger charge is 2.19. The third-order valence-corrected chi connectivity index (χ3v) is 2.46. The molecular weight excluding hydrogens is 244 g/mol. The summed E-state index contributed by atoms with van der Waals surface area (Å²) >= 11 is 0. The molecule has 1 N–H and O–H groups in total. The second-order valence-corrected chi connectivity index (χ2v) is 4.26. The van der Waals surface area contributed by atoms with Gasteiger partial charge in [0.25, 0.3) is 0 Å². The van der Waals surface area contributed by atoms with Crippen molar-refractivity contribution in [1.82, 2.24) is 5.32 Å². The van der Waals surface area contributed by atoms with Crippen molar-refractivity contribution in [2.45, 2.75) is 26.8 Å². The molecule has 0 unspecified atom stereocenters. The van der Waals surface area contributed by atoms with Gasteiger partial charge in [-0.15, -0.1) is 0 Å². The van der Waals surface area contributed by atoms with E-state index < -0.39 is 5.97 Å². The summed E-state index contributed by atoms with van der Waals surface area (Å²) in [6, 6.07) is 9.00. The lowest BCUT2D eigenvalue weighted by molar-refractivity contribution is -0.141. The summed E-state index contributed by atoms with van der Waals surface area (Å²) in [7, 11) is 0. The van der Waals surface area contributed by atoms with Gasteiger partial charge < -0.3 is 10.1 Å². The molecule has 0 saturated carbocycles. The van der Waals surface area contributed by atoms with Gasteiger partial charge >= 0.3 is 12.0 Å². The van der Waals surface area contributed by atoms with E-state index >= 15 is 0 Å². The van der Waals surface area contributed by atoms with Crippen LogP contribution in [0.1, 0.15) is 20.8 Å². The third-order valence-electron chi connectivity index (χ3n) is 2.46. The Kier molecular flexibility index (Phi) is 5.85. The molecule has 0 atom stereocenters. The number of hydrogen-bond acceptors (Lipinski definition) is 3. The molecule has 0 spiro atoms. The molecule has 0 heterocycles. The van der Waals surface area contributed by atoms with Gasteiger partial charge in [-0.25, -0.2) is 4.79 Å². The van der Waals surface area contributed by atoms with Crippen LogP contribution in [0.15, 0.2) is 30.3 Å². The minimum absolute atomic E-state index is 0.00963. The molecule has 104 valence electrons. The average Bonchev–Trinajstić information content (AvgIpc) is 2.38. The molecule has 1 rings (SSSR count). The summed E-state index contributed by atoms with van der Waals surface area (Å²) in [5.74, 6) is -0.437. The van der Waals surface area contributed by atoms with E-state index in [-0.39, 0.29) is 18.6 Å². The lowest BCUT2D eigenvalue weighted by atomic mass is 10.2. The van der Waals surface area contributed by atoms with Crippen LogP contribution in [-0.2, 0) is 9.53 Å². The number of carbonyl (C=O) groups is 2. The van der Waals surface area contributed by atoms with Crippen LogP contribution in [-0.4, -0.2) is 31.2 Å². The first kappa shape index (κ1) is 15.0. The Labute approximate surface area is 113 Å². The first-order chi connectivity index (χ1) is 9.06. The summed E-state index contributed by atoms with van der Waals surface area (Å²) in [4.78, 5) is 24.9. The minimum Gasteiger partial charge on any atom is -0.465 e. The van der Waals surface area contributed by atoms with E-state index in [2.05, 4.69) is 5.32 Å². The van der Waals surface area contributed by atoms with Crippen LogP contribution in [0.5, 0.6) is 0 Å². The number of amides is 2. The topological polar surface area (TPSA) is 58.6 Å². The maximum Gasteiger partial charge on any atom is 0.325 e. The SMILES string of the molecule is CCOC(=O)CNC(=O)N(c1ccccc1)C(C)C. The normalized spacial score (nSPS) is 10.1. The van der Waals surface area contributed by atoms with Gasteiger partial charge in [-0.2, -0.15) is 0 Å². The van der Waals surface area contributed by atoms with Gasteiger partial charge in [-0.3, -0.25) is 9.69 Å². The second-order valence-electron chi connectivity index (χ2n) is 4.26. The van der Waals surface area contributed by atoms with Crippen LogP contribution in [0.25, 0.3) is 0 Å². The molecule has 0 radical (unpaired) electrons. The highest BCUT2D eigenvalue weighted by molar-refractivity contribution is 5.94. The predicted octanol–water partition coefficient (Wildman–Crippen LogP) is 2.17. The van der Waals surface area contributed by atoms with Crippen LogP contribution in [0, 0.1) is 0 Å². The van der Waals surface area contributed by atoms with Crippen molar-refractivity contribution in [3.8, 4) is 0 Å². The van der Waals surface area contributed by atoms with Crippen molar-refractivity contribution >= 4 is 17.7 Å². The number of anilines is 1. The Balaban J connectivity index is 2.67. The summed E-state index contributed by atoms with van der Waals surface area (Å²) in [6.07, 6.45) is 0. The van der Waals surface area contributed by atoms with Crippen molar-refractivity contribution in [1.29, 1.82) is 0 Å². The van der Waals surface area contributed by atoms with Crippen molar-refractivity contribution in [3.05, 3.63) is 30.3 Å². The van der Waals surface area contributed by atoms with Crippen LogP contribution in [0.3, 0.4) is 0 Å². The van der Waals surface area contributed by atoms with Gasteiger partial charge in [0.2, 0.25) is 0 Å². The third kappa shape index (κ3) is 4.62. The Morgan fingerprint density at radius 3 is 2.42 bits per heavy atom. The Morgan fingerprint density at radius 2 is 1.89 bits per heavy atom. The summed E-state index contributed by atoms with van der Waals surface area (Å²) in [5.41, 5.74) is 0.791. The smallest absolute Gasteiger partial charge is 0.325 e. The van der Waals surface area contributed by atoms with Crippen molar-refractivity contribution < 1.29 is 14.3 Å². The molecule has 0 bridgehead atoms. The number of esters is 1. The molecule has 5 heteroatoms. The van der Waals surface area contributed by atoms with Gasteiger partial charge in [0.15, 0.2) is 0 Å². The number of urea groups is 1. The quantitative estimate of drug-likeness (QED) is 0.829. The number of ether oxygens (including phenoxy) is 1. The highest BCUT2D eigenvalue weighted by atomic mass is 16.5. The number of hydrogen-bond donors (Lipinski definition) is 1. The van der Waals surface area contributed by atoms with E-state index in [1.807, 2.05) is 44.2 Å². The van der Waals surface area contributed by atoms with E-state index in [0.29, 0.717) is 6.61 Å². The number of rotatable bonds is 5. The van der Waals surface area contributed by atoms with Gasteiger partial charge in [0.1, 0.15) is 6.54 Å². The Hall–Kier alpha value is -2.04. The number of carbonyl (C=O) groups excluding carboxylic acids is 2. The zero-order valence-electron chi connectivity index (χ0n) is 11.6. The number of para-hydroxylation sites is 1. The molecule has 19 heavy (non-hydrogen) atoms. The molecule has 2 amide bonds. The van der Waals surface area contributed by atoms with E-state index in [0.717, 1.165) is 5.69 Å². The number of nitrogens with zero attached hydrogens (tertiary/aromatic N) is 1. The maximum absolute atomic E-state index is 12.1. The summed E-state index contributed by atoms with van der Waals surface area (Å²) in [6.45, 7) is 5.74. The molecule has 0 aliphatic carbocycles. The zero-order chi connectivity index (χ0) is 14.3. The molecule has 0 saturated heterocycles. The predicted molar refractivity (Wildman–Crippen MR) is 74.1 cm³/mol. The van der Waals surface area contributed by atoms with Gasteiger partial charge in [-0.05, 0) is 32.9 Å². The second kappa shape index (κ2) is 7.41. The fraction of sp³-hybridized carbons (Fsp3) is 0.429. The summed E-state index contributed by atoms with van der Waals surface area (Å²) < 4.78 is 4.77. The summed E-state index contributed by atoms with van der Waals surface area (Å²) in [5, 5.41) is 2.56. The number of nitrogens with one attached hydrogen (secondary N) is 1. The van der Waals surface area contributed by atoms with E-state index in [1.165, 1.54) is 0 Å².